The zero-order valence-corrected chi connectivity index (χ0v) is 11.0. The molecule has 102 valence electrons. The molecule has 3 atom stereocenters. The summed E-state index contributed by atoms with van der Waals surface area (Å²) >= 11 is 0. The van der Waals surface area contributed by atoms with E-state index in [1.54, 1.807) is 0 Å². The molecule has 0 amide bonds. The largest absolute Gasteiger partial charge is 0.466 e. The van der Waals surface area contributed by atoms with Gasteiger partial charge in [-0.25, -0.2) is 4.79 Å². The third-order valence-corrected chi connectivity index (χ3v) is 3.82. The number of benzene rings is 1. The molecule has 3 unspecified atom stereocenters. The van der Waals surface area contributed by atoms with Gasteiger partial charge in [-0.15, -0.1) is 0 Å². The van der Waals surface area contributed by atoms with Crippen molar-refractivity contribution in [3.05, 3.63) is 35.9 Å². The van der Waals surface area contributed by atoms with Crippen molar-refractivity contribution in [2.45, 2.75) is 31.3 Å². The Bertz CT molecular complexity index is 429. The van der Waals surface area contributed by atoms with Crippen molar-refractivity contribution >= 4 is 12.4 Å². The number of esters is 1. The molecule has 1 aromatic carbocycles. The van der Waals surface area contributed by atoms with E-state index in [4.69, 9.17) is 9.47 Å². The predicted octanol–water partition coefficient (Wildman–Crippen LogP) is 2.28. The van der Waals surface area contributed by atoms with Crippen molar-refractivity contribution in [1.29, 1.82) is 0 Å². The van der Waals surface area contributed by atoms with Gasteiger partial charge in [-0.1, -0.05) is 36.8 Å². The summed E-state index contributed by atoms with van der Waals surface area (Å²) in [4.78, 5) is 22.4. The van der Waals surface area contributed by atoms with Crippen molar-refractivity contribution < 1.29 is 19.1 Å². The standard InChI is InChI=1S/C15H18O4/c1-18-15(17)14(19-10-16)13-9-5-8-12(13)11-6-3-2-4-7-11/h2-4,6-7,10,12-14H,5,8-9H2,1H3. The van der Waals surface area contributed by atoms with E-state index in [1.165, 1.54) is 12.7 Å². The lowest BCUT2D eigenvalue weighted by Gasteiger charge is -2.25. The maximum Gasteiger partial charge on any atom is 0.347 e. The molecule has 4 nitrogen and oxygen atoms in total. The monoisotopic (exact) mass is 262 g/mol. The Morgan fingerprint density at radius 1 is 1.32 bits per heavy atom. The number of ether oxygens (including phenoxy) is 2. The minimum absolute atomic E-state index is 0.0000463. The van der Waals surface area contributed by atoms with Gasteiger partial charge in [0.2, 0.25) is 6.10 Å². The van der Waals surface area contributed by atoms with Gasteiger partial charge in [0.05, 0.1) is 7.11 Å². The molecule has 0 saturated heterocycles. The number of methoxy groups -OCH3 is 1. The van der Waals surface area contributed by atoms with Gasteiger partial charge < -0.3 is 9.47 Å². The summed E-state index contributed by atoms with van der Waals surface area (Å²) in [5.41, 5.74) is 1.19. The molecule has 0 bridgehead atoms. The van der Waals surface area contributed by atoms with Crippen molar-refractivity contribution in [3.8, 4) is 0 Å². The van der Waals surface area contributed by atoms with E-state index in [-0.39, 0.29) is 11.8 Å². The van der Waals surface area contributed by atoms with Crippen LogP contribution in [0, 0.1) is 5.92 Å². The van der Waals surface area contributed by atoms with Gasteiger partial charge in [-0.3, -0.25) is 4.79 Å². The molecular formula is C15H18O4. The average Bonchev–Trinajstić information content (AvgIpc) is 2.94. The highest BCUT2D eigenvalue weighted by atomic mass is 16.6. The molecule has 0 radical (unpaired) electrons. The van der Waals surface area contributed by atoms with Crippen molar-refractivity contribution in [2.24, 2.45) is 5.92 Å². The summed E-state index contributed by atoms with van der Waals surface area (Å²) in [6, 6.07) is 10.0. The second kappa shape index (κ2) is 6.36. The molecular weight excluding hydrogens is 244 g/mol. The number of carbonyl (C=O) groups is 2. The van der Waals surface area contributed by atoms with Crippen LogP contribution in [-0.2, 0) is 19.1 Å². The Balaban J connectivity index is 2.21. The van der Waals surface area contributed by atoms with Crippen LogP contribution in [-0.4, -0.2) is 25.7 Å². The number of hydrogen-bond donors (Lipinski definition) is 0. The maximum absolute atomic E-state index is 11.8. The van der Waals surface area contributed by atoms with Crippen LogP contribution < -0.4 is 0 Å². The Morgan fingerprint density at radius 2 is 2.05 bits per heavy atom. The molecule has 1 aromatic rings. The molecule has 0 aromatic heterocycles. The third-order valence-electron chi connectivity index (χ3n) is 3.82. The highest BCUT2D eigenvalue weighted by Gasteiger charge is 2.40. The molecule has 0 heterocycles. The van der Waals surface area contributed by atoms with Gasteiger partial charge in [0.15, 0.2) is 0 Å². The van der Waals surface area contributed by atoms with Crippen LogP contribution >= 0.6 is 0 Å². The Morgan fingerprint density at radius 3 is 2.68 bits per heavy atom. The minimum atomic E-state index is -0.796. The first-order valence-corrected chi connectivity index (χ1v) is 6.49. The van der Waals surface area contributed by atoms with Gasteiger partial charge in [-0.05, 0) is 24.3 Å². The second-order valence-corrected chi connectivity index (χ2v) is 4.79. The maximum atomic E-state index is 11.8. The van der Waals surface area contributed by atoms with Crippen LogP contribution in [0.4, 0.5) is 0 Å². The summed E-state index contributed by atoms with van der Waals surface area (Å²) in [5.74, 6) is -0.231. The molecule has 0 spiro atoms. The first-order valence-electron chi connectivity index (χ1n) is 6.49. The normalized spacial score (nSPS) is 23.6. The van der Waals surface area contributed by atoms with Crippen LogP contribution in [0.2, 0.25) is 0 Å². The SMILES string of the molecule is COC(=O)C(OC=O)C1CCCC1c1ccccc1. The lowest BCUT2D eigenvalue weighted by atomic mass is 9.85. The first kappa shape index (κ1) is 13.6. The summed E-state index contributed by atoms with van der Waals surface area (Å²) in [5, 5.41) is 0. The molecule has 19 heavy (non-hydrogen) atoms. The van der Waals surface area contributed by atoms with Crippen LogP contribution in [0.15, 0.2) is 30.3 Å². The van der Waals surface area contributed by atoms with Crippen molar-refractivity contribution in [2.75, 3.05) is 7.11 Å². The minimum Gasteiger partial charge on any atom is -0.466 e. The van der Waals surface area contributed by atoms with Gasteiger partial charge >= 0.3 is 5.97 Å². The molecule has 0 N–H and O–H groups in total. The van der Waals surface area contributed by atoms with Crippen LogP contribution in [0.25, 0.3) is 0 Å². The summed E-state index contributed by atoms with van der Waals surface area (Å²) < 4.78 is 9.71. The van der Waals surface area contributed by atoms with Crippen LogP contribution in [0.3, 0.4) is 0 Å². The van der Waals surface area contributed by atoms with Gasteiger partial charge in [-0.2, -0.15) is 0 Å². The Kier molecular flexibility index (Phi) is 4.55. The molecule has 1 aliphatic rings. The van der Waals surface area contributed by atoms with E-state index in [0.717, 1.165) is 19.3 Å². The second-order valence-electron chi connectivity index (χ2n) is 4.79. The van der Waals surface area contributed by atoms with Crippen molar-refractivity contribution in [1.82, 2.24) is 0 Å². The first-order chi connectivity index (χ1) is 9.27. The lowest BCUT2D eigenvalue weighted by Crippen LogP contribution is -2.34. The van der Waals surface area contributed by atoms with Crippen LogP contribution in [0.5, 0.6) is 0 Å². The summed E-state index contributed by atoms with van der Waals surface area (Å²) in [6.07, 6.45) is 2.10. The molecule has 1 fully saturated rings. The fourth-order valence-corrected chi connectivity index (χ4v) is 2.97. The fraction of sp³-hybridized carbons (Fsp3) is 0.467. The smallest absolute Gasteiger partial charge is 0.347 e. The Hall–Kier alpha value is -1.84. The average molecular weight is 262 g/mol. The van der Waals surface area contributed by atoms with E-state index in [2.05, 4.69) is 12.1 Å². The van der Waals surface area contributed by atoms with E-state index >= 15 is 0 Å². The quantitative estimate of drug-likeness (QED) is 0.603. The molecule has 1 aliphatic carbocycles. The van der Waals surface area contributed by atoms with E-state index in [0.29, 0.717) is 6.47 Å². The van der Waals surface area contributed by atoms with E-state index < -0.39 is 12.1 Å². The molecule has 4 heteroatoms. The Labute approximate surface area is 112 Å². The predicted molar refractivity (Wildman–Crippen MR) is 69.5 cm³/mol. The van der Waals surface area contributed by atoms with Gasteiger partial charge in [0, 0.05) is 5.92 Å². The topological polar surface area (TPSA) is 52.6 Å². The highest BCUT2D eigenvalue weighted by molar-refractivity contribution is 5.76. The molecule has 0 aliphatic heterocycles. The van der Waals surface area contributed by atoms with Crippen molar-refractivity contribution in [3.63, 3.8) is 0 Å². The van der Waals surface area contributed by atoms with E-state index in [9.17, 15) is 9.59 Å². The third kappa shape index (κ3) is 2.95. The van der Waals surface area contributed by atoms with E-state index in [1.807, 2.05) is 18.2 Å². The highest BCUT2D eigenvalue weighted by Crippen LogP contribution is 2.42. The number of carbonyl (C=O) groups excluding carboxylic acids is 2. The van der Waals surface area contributed by atoms with Crippen LogP contribution in [0.1, 0.15) is 30.7 Å². The number of hydrogen-bond acceptors (Lipinski definition) is 4. The van der Waals surface area contributed by atoms with Gasteiger partial charge in [0.1, 0.15) is 0 Å². The molecule has 1 saturated carbocycles. The fourth-order valence-electron chi connectivity index (χ4n) is 2.97. The summed E-state index contributed by atoms with van der Waals surface area (Å²) in [7, 11) is 1.32. The number of rotatable bonds is 5. The summed E-state index contributed by atoms with van der Waals surface area (Å²) in [6.45, 7) is 0.335. The lowest BCUT2D eigenvalue weighted by molar-refractivity contribution is -0.163. The zero-order valence-electron chi connectivity index (χ0n) is 11.0. The van der Waals surface area contributed by atoms with Gasteiger partial charge in [0.25, 0.3) is 6.47 Å². The molecule has 2 rings (SSSR count). The zero-order chi connectivity index (χ0) is 13.7.